The number of carbonyl (C=O) groups is 2. The second kappa shape index (κ2) is 12.4. The fourth-order valence-electron chi connectivity index (χ4n) is 3.18. The van der Waals surface area contributed by atoms with Crippen molar-refractivity contribution in [2.45, 2.75) is 54.4 Å². The van der Waals surface area contributed by atoms with Crippen molar-refractivity contribution in [2.75, 3.05) is 13.1 Å². The van der Waals surface area contributed by atoms with Gasteiger partial charge in [-0.1, -0.05) is 47.7 Å². The third-order valence-corrected chi connectivity index (χ3v) is 6.03. The molecule has 5 N–H and O–H groups in total. The summed E-state index contributed by atoms with van der Waals surface area (Å²) in [7, 11) is 0. The highest BCUT2D eigenvalue weighted by Gasteiger charge is 2.18. The maximum atomic E-state index is 9.99. The van der Waals surface area contributed by atoms with Gasteiger partial charge < -0.3 is 21.3 Å². The number of carboxylic acids is 2. The summed E-state index contributed by atoms with van der Waals surface area (Å²) >= 11 is 1.90. The number of nitrogens with two attached hydrogens (primary N) is 1. The highest BCUT2D eigenvalue weighted by atomic mass is 32.2. The summed E-state index contributed by atoms with van der Waals surface area (Å²) in [5.41, 5.74) is 7.85. The Morgan fingerprint density at radius 1 is 1.10 bits per heavy atom. The van der Waals surface area contributed by atoms with E-state index in [9.17, 15) is 9.59 Å². The molecule has 1 saturated heterocycles. The van der Waals surface area contributed by atoms with Gasteiger partial charge in [0.25, 0.3) is 0 Å². The lowest BCUT2D eigenvalue weighted by atomic mass is 9.90. The zero-order valence-corrected chi connectivity index (χ0v) is 18.0. The van der Waals surface area contributed by atoms with E-state index < -0.39 is 18.0 Å². The predicted octanol–water partition coefficient (Wildman–Crippen LogP) is 3.88. The second-order valence-electron chi connectivity index (χ2n) is 7.35. The lowest BCUT2D eigenvalue weighted by molar-refractivity contribution is -0.139. The fraction of sp³-hybridized carbons (Fsp3) is 0.391. The Labute approximate surface area is 181 Å². The number of piperidine rings is 1. The Bertz CT molecular complexity index is 820. The van der Waals surface area contributed by atoms with Crippen molar-refractivity contribution in [3.8, 4) is 0 Å². The first-order valence-electron chi connectivity index (χ1n) is 10.1. The highest BCUT2D eigenvalue weighted by Crippen LogP contribution is 2.36. The zero-order valence-electron chi connectivity index (χ0n) is 17.2. The van der Waals surface area contributed by atoms with Crippen molar-refractivity contribution < 1.29 is 19.8 Å². The Morgan fingerprint density at radius 3 is 2.33 bits per heavy atom. The van der Waals surface area contributed by atoms with Gasteiger partial charge in [-0.2, -0.15) is 0 Å². The molecule has 0 bridgehead atoms. The standard InChI is InChI=1S/C18H21NS.C5H9NO4/c1-14-6-8-16(9-7-14)20-18-5-3-2-4-17(18)15-10-12-19-13-11-15;6-3(5(9)10)1-2-4(7)8/h2-9,15,19H,10-13H2,1H3;3H,1-2,6H2,(H,7,8)(H,9,10)/t;3-/m.0/s1. The minimum atomic E-state index is -1.17. The number of aryl methyl sites for hydroxylation is 1. The molecular formula is C23H30N2O4S. The molecule has 1 heterocycles. The molecule has 0 unspecified atom stereocenters. The molecular weight excluding hydrogens is 400 g/mol. The fourth-order valence-corrected chi connectivity index (χ4v) is 4.20. The molecule has 1 aliphatic heterocycles. The molecule has 0 radical (unpaired) electrons. The lowest BCUT2D eigenvalue weighted by Crippen LogP contribution is -2.30. The summed E-state index contributed by atoms with van der Waals surface area (Å²) in [5, 5.41) is 19.7. The van der Waals surface area contributed by atoms with Crippen molar-refractivity contribution in [1.82, 2.24) is 5.32 Å². The third-order valence-electron chi connectivity index (χ3n) is 4.93. The maximum absolute atomic E-state index is 9.99. The molecule has 1 aliphatic rings. The van der Waals surface area contributed by atoms with Gasteiger partial charge in [0.2, 0.25) is 0 Å². The summed E-state index contributed by atoms with van der Waals surface area (Å²) in [6.45, 7) is 4.43. The minimum absolute atomic E-state index is 0.0231. The molecule has 6 nitrogen and oxygen atoms in total. The van der Waals surface area contributed by atoms with E-state index in [-0.39, 0.29) is 12.8 Å². The van der Waals surface area contributed by atoms with Gasteiger partial charge in [0.15, 0.2) is 0 Å². The van der Waals surface area contributed by atoms with E-state index in [1.807, 2.05) is 11.8 Å². The van der Waals surface area contributed by atoms with Crippen molar-refractivity contribution in [3.05, 3.63) is 59.7 Å². The van der Waals surface area contributed by atoms with Gasteiger partial charge in [0, 0.05) is 16.2 Å². The number of hydrogen-bond acceptors (Lipinski definition) is 5. The Kier molecular flexibility index (Phi) is 9.86. The van der Waals surface area contributed by atoms with Gasteiger partial charge in [-0.05, 0) is 69.0 Å². The SMILES string of the molecule is Cc1ccc(Sc2ccccc2C2CCNCC2)cc1.N[C@@H](CCC(=O)O)C(=O)O. The van der Waals surface area contributed by atoms with Gasteiger partial charge in [-0.3, -0.25) is 9.59 Å². The molecule has 1 atom stereocenters. The van der Waals surface area contributed by atoms with Crippen molar-refractivity contribution in [1.29, 1.82) is 0 Å². The monoisotopic (exact) mass is 430 g/mol. The Balaban J connectivity index is 0.000000274. The molecule has 0 amide bonds. The lowest BCUT2D eigenvalue weighted by Gasteiger charge is -2.24. The number of carboxylic acid groups (broad SMARTS) is 2. The molecule has 0 aliphatic carbocycles. The van der Waals surface area contributed by atoms with Crippen LogP contribution in [0.1, 0.15) is 42.7 Å². The van der Waals surface area contributed by atoms with Crippen LogP contribution in [-0.2, 0) is 9.59 Å². The first-order chi connectivity index (χ1) is 14.4. The zero-order chi connectivity index (χ0) is 21.9. The van der Waals surface area contributed by atoms with Crippen molar-refractivity contribution in [3.63, 3.8) is 0 Å². The van der Waals surface area contributed by atoms with Crippen LogP contribution in [0.2, 0.25) is 0 Å². The summed E-state index contributed by atoms with van der Waals surface area (Å²) in [6.07, 6.45) is 2.29. The maximum Gasteiger partial charge on any atom is 0.320 e. The highest BCUT2D eigenvalue weighted by molar-refractivity contribution is 7.99. The summed E-state index contributed by atoms with van der Waals surface area (Å²) in [4.78, 5) is 22.6. The van der Waals surface area contributed by atoms with E-state index in [4.69, 9.17) is 15.9 Å². The average molecular weight is 431 g/mol. The van der Waals surface area contributed by atoms with Crippen LogP contribution in [0.3, 0.4) is 0 Å². The van der Waals surface area contributed by atoms with Gasteiger partial charge in [-0.25, -0.2) is 0 Å². The normalized spacial score (nSPS) is 15.0. The van der Waals surface area contributed by atoms with Crippen molar-refractivity contribution in [2.24, 2.45) is 5.73 Å². The van der Waals surface area contributed by atoms with Crippen LogP contribution in [-0.4, -0.2) is 41.3 Å². The van der Waals surface area contributed by atoms with Crippen LogP contribution in [0.5, 0.6) is 0 Å². The number of aliphatic carboxylic acids is 2. The first-order valence-corrected chi connectivity index (χ1v) is 10.9. The molecule has 0 aromatic heterocycles. The number of rotatable bonds is 7. The largest absolute Gasteiger partial charge is 0.481 e. The molecule has 7 heteroatoms. The average Bonchev–Trinajstić information content (AvgIpc) is 2.75. The molecule has 1 fully saturated rings. The van der Waals surface area contributed by atoms with E-state index in [0.717, 1.165) is 13.1 Å². The van der Waals surface area contributed by atoms with Gasteiger partial charge in [0.05, 0.1) is 0 Å². The first kappa shape index (κ1) is 23.9. The van der Waals surface area contributed by atoms with E-state index in [0.29, 0.717) is 5.92 Å². The molecule has 0 spiro atoms. The Hall–Kier alpha value is -2.35. The number of benzene rings is 2. The summed E-state index contributed by atoms with van der Waals surface area (Å²) in [6, 6.07) is 16.7. The molecule has 2 aromatic carbocycles. The van der Waals surface area contributed by atoms with E-state index in [1.165, 1.54) is 33.8 Å². The molecule has 30 heavy (non-hydrogen) atoms. The van der Waals surface area contributed by atoms with Crippen LogP contribution < -0.4 is 11.1 Å². The van der Waals surface area contributed by atoms with E-state index in [2.05, 4.69) is 60.8 Å². The van der Waals surface area contributed by atoms with Gasteiger partial charge in [-0.15, -0.1) is 0 Å². The predicted molar refractivity (Wildman–Crippen MR) is 119 cm³/mol. The smallest absolute Gasteiger partial charge is 0.320 e. The van der Waals surface area contributed by atoms with Crippen LogP contribution in [0.4, 0.5) is 0 Å². The second-order valence-corrected chi connectivity index (χ2v) is 8.47. The van der Waals surface area contributed by atoms with Crippen LogP contribution in [0, 0.1) is 6.92 Å². The Morgan fingerprint density at radius 2 is 1.73 bits per heavy atom. The molecule has 162 valence electrons. The number of hydrogen-bond donors (Lipinski definition) is 4. The van der Waals surface area contributed by atoms with Crippen LogP contribution in [0.25, 0.3) is 0 Å². The summed E-state index contributed by atoms with van der Waals surface area (Å²) in [5.74, 6) is -1.48. The van der Waals surface area contributed by atoms with Crippen molar-refractivity contribution >= 4 is 23.7 Å². The molecule has 3 rings (SSSR count). The number of nitrogens with one attached hydrogen (secondary N) is 1. The third kappa shape index (κ3) is 8.18. The molecule has 0 saturated carbocycles. The summed E-state index contributed by atoms with van der Waals surface area (Å²) < 4.78 is 0. The van der Waals surface area contributed by atoms with E-state index in [1.54, 1.807) is 0 Å². The quantitative estimate of drug-likeness (QED) is 0.527. The van der Waals surface area contributed by atoms with Gasteiger partial charge in [0.1, 0.15) is 6.04 Å². The topological polar surface area (TPSA) is 113 Å². The van der Waals surface area contributed by atoms with Crippen LogP contribution in [0.15, 0.2) is 58.3 Å². The van der Waals surface area contributed by atoms with E-state index >= 15 is 0 Å². The van der Waals surface area contributed by atoms with Crippen LogP contribution >= 0.6 is 11.8 Å². The minimum Gasteiger partial charge on any atom is -0.481 e. The molecule has 2 aromatic rings. The van der Waals surface area contributed by atoms with Gasteiger partial charge >= 0.3 is 11.9 Å².